The van der Waals surface area contributed by atoms with E-state index in [2.05, 4.69) is 111 Å². The number of phosphoric acid groups is 1. The van der Waals surface area contributed by atoms with Gasteiger partial charge in [-0.15, -0.1) is 0 Å². The Labute approximate surface area is 333 Å². The van der Waals surface area contributed by atoms with Gasteiger partial charge in [-0.1, -0.05) is 142 Å². The molecule has 10 heteroatoms. The lowest BCUT2D eigenvalue weighted by atomic mass is 10.1. The van der Waals surface area contributed by atoms with Crippen LogP contribution >= 0.6 is 7.82 Å². The molecule has 0 bridgehead atoms. The van der Waals surface area contributed by atoms with E-state index in [0.717, 1.165) is 89.9 Å². The molecule has 0 rings (SSSR count). The first-order valence-electron chi connectivity index (χ1n) is 20.4. The fraction of sp³-hybridized carbons (Fsp3) is 0.556. The number of esters is 2. The molecular weight excluding hydrogens is 713 g/mol. The fourth-order valence-electron chi connectivity index (χ4n) is 4.73. The van der Waals surface area contributed by atoms with Crippen LogP contribution < -0.4 is 5.73 Å². The van der Waals surface area contributed by atoms with Crippen molar-refractivity contribution < 1.29 is 37.6 Å². The standard InChI is InChI=1S/C45H72NO8P/c1-3-5-7-9-11-13-15-17-19-20-21-22-24-25-27-29-31-33-35-37-44(47)51-41-43(42-53-55(49,50)52-40-39-46)54-45(48)38-36-34-32-30-28-26-23-18-16-14-12-10-8-6-4-2/h5-8,11-14,17-19,21-23,25,27,31,33,43H,3-4,9-10,15-16,20,24,26,28-30,32,34-42,46H2,1-2H3,(H,49,50)/b7-5-,8-6-,13-11-,14-12-,19-17-,22-21-,23-18-,27-25-,33-31-/t43-/m1/s1. The van der Waals surface area contributed by atoms with Gasteiger partial charge in [-0.25, -0.2) is 4.57 Å². The Morgan fingerprint density at radius 3 is 1.47 bits per heavy atom. The number of unbranched alkanes of at least 4 members (excludes halogenated alkanes) is 5. The Morgan fingerprint density at radius 1 is 0.545 bits per heavy atom. The molecule has 0 aliphatic rings. The van der Waals surface area contributed by atoms with Crippen molar-refractivity contribution in [1.29, 1.82) is 0 Å². The highest BCUT2D eigenvalue weighted by Gasteiger charge is 2.25. The average molecular weight is 786 g/mol. The van der Waals surface area contributed by atoms with Crippen LogP contribution in [0.2, 0.25) is 0 Å². The lowest BCUT2D eigenvalue weighted by Gasteiger charge is -2.19. The van der Waals surface area contributed by atoms with E-state index < -0.39 is 32.5 Å². The van der Waals surface area contributed by atoms with Crippen LogP contribution in [0.5, 0.6) is 0 Å². The molecule has 0 aliphatic heterocycles. The molecule has 0 fully saturated rings. The number of nitrogens with two attached hydrogens (primary N) is 1. The van der Waals surface area contributed by atoms with E-state index in [4.69, 9.17) is 24.3 Å². The Hall–Kier alpha value is -3.33. The van der Waals surface area contributed by atoms with Gasteiger partial charge in [0.25, 0.3) is 0 Å². The van der Waals surface area contributed by atoms with Gasteiger partial charge in [0.15, 0.2) is 6.10 Å². The zero-order valence-corrected chi connectivity index (χ0v) is 34.7. The molecule has 0 aromatic heterocycles. The van der Waals surface area contributed by atoms with E-state index >= 15 is 0 Å². The molecule has 0 aromatic carbocycles. The second-order valence-corrected chi connectivity index (χ2v) is 14.2. The van der Waals surface area contributed by atoms with Gasteiger partial charge in [0.1, 0.15) is 6.61 Å². The van der Waals surface area contributed by atoms with Crippen LogP contribution in [-0.2, 0) is 32.7 Å². The maximum absolute atomic E-state index is 12.5. The summed E-state index contributed by atoms with van der Waals surface area (Å²) in [5, 5.41) is 0. The quantitative estimate of drug-likeness (QED) is 0.0275. The maximum Gasteiger partial charge on any atom is 0.472 e. The van der Waals surface area contributed by atoms with Crippen molar-refractivity contribution in [2.75, 3.05) is 26.4 Å². The molecule has 0 spiro atoms. The van der Waals surface area contributed by atoms with Gasteiger partial charge < -0.3 is 20.1 Å². The number of hydrogen-bond donors (Lipinski definition) is 2. The third-order valence-corrected chi connectivity index (χ3v) is 8.65. The first kappa shape index (κ1) is 51.7. The predicted molar refractivity (Wildman–Crippen MR) is 228 cm³/mol. The van der Waals surface area contributed by atoms with Crippen LogP contribution in [0, 0.1) is 0 Å². The molecule has 310 valence electrons. The minimum atomic E-state index is -4.40. The van der Waals surface area contributed by atoms with Gasteiger partial charge in [-0.3, -0.25) is 18.6 Å². The van der Waals surface area contributed by atoms with E-state index in [0.29, 0.717) is 12.8 Å². The first-order chi connectivity index (χ1) is 26.8. The van der Waals surface area contributed by atoms with Gasteiger partial charge in [0, 0.05) is 19.4 Å². The van der Waals surface area contributed by atoms with E-state index in [-0.39, 0.29) is 32.6 Å². The smallest absolute Gasteiger partial charge is 0.462 e. The first-order valence-corrected chi connectivity index (χ1v) is 21.9. The minimum Gasteiger partial charge on any atom is -0.462 e. The number of phosphoric ester groups is 1. The summed E-state index contributed by atoms with van der Waals surface area (Å²) in [4.78, 5) is 34.8. The molecule has 2 atom stereocenters. The van der Waals surface area contributed by atoms with Crippen molar-refractivity contribution in [1.82, 2.24) is 0 Å². The molecule has 0 saturated carbocycles. The third-order valence-electron chi connectivity index (χ3n) is 7.67. The Bertz CT molecular complexity index is 1260. The topological polar surface area (TPSA) is 134 Å². The van der Waals surface area contributed by atoms with Crippen LogP contribution in [0.1, 0.15) is 129 Å². The number of ether oxygens (including phenoxy) is 2. The molecule has 55 heavy (non-hydrogen) atoms. The molecule has 3 N–H and O–H groups in total. The summed E-state index contributed by atoms with van der Waals surface area (Å²) in [5.74, 6) is -0.960. The van der Waals surface area contributed by atoms with Crippen molar-refractivity contribution in [3.05, 3.63) is 109 Å². The van der Waals surface area contributed by atoms with Crippen molar-refractivity contribution >= 4 is 19.8 Å². The molecule has 0 radical (unpaired) electrons. The highest BCUT2D eigenvalue weighted by Crippen LogP contribution is 2.43. The molecule has 1 unspecified atom stereocenters. The van der Waals surface area contributed by atoms with Crippen LogP contribution in [0.25, 0.3) is 0 Å². The average Bonchev–Trinajstić information content (AvgIpc) is 3.17. The lowest BCUT2D eigenvalue weighted by molar-refractivity contribution is -0.161. The van der Waals surface area contributed by atoms with Gasteiger partial charge >= 0.3 is 19.8 Å². The van der Waals surface area contributed by atoms with Crippen LogP contribution in [0.4, 0.5) is 0 Å². The Kier molecular flexibility index (Phi) is 37.9. The van der Waals surface area contributed by atoms with E-state index in [1.54, 1.807) is 0 Å². The fourth-order valence-corrected chi connectivity index (χ4v) is 5.50. The van der Waals surface area contributed by atoms with Crippen molar-refractivity contribution in [3.8, 4) is 0 Å². The number of hydrogen-bond acceptors (Lipinski definition) is 8. The highest BCUT2D eigenvalue weighted by molar-refractivity contribution is 7.47. The number of allylic oxidation sites excluding steroid dienone is 18. The van der Waals surface area contributed by atoms with Gasteiger partial charge in [-0.2, -0.15) is 0 Å². The minimum absolute atomic E-state index is 0.0342. The lowest BCUT2D eigenvalue weighted by Crippen LogP contribution is -2.29. The summed E-state index contributed by atoms with van der Waals surface area (Å²) < 4.78 is 32.6. The van der Waals surface area contributed by atoms with Crippen molar-refractivity contribution in [2.24, 2.45) is 5.73 Å². The molecule has 0 amide bonds. The monoisotopic (exact) mass is 785 g/mol. The molecule has 0 heterocycles. The number of rotatable bonds is 36. The van der Waals surface area contributed by atoms with Crippen LogP contribution in [0.3, 0.4) is 0 Å². The molecule has 0 saturated heterocycles. The number of carbonyl (C=O) groups excluding carboxylic acids is 2. The predicted octanol–water partition coefficient (Wildman–Crippen LogP) is 11.6. The van der Waals surface area contributed by atoms with Crippen molar-refractivity contribution in [3.63, 3.8) is 0 Å². The summed E-state index contributed by atoms with van der Waals surface area (Å²) in [6.45, 7) is 3.36. The second kappa shape index (κ2) is 40.3. The van der Waals surface area contributed by atoms with Crippen molar-refractivity contribution in [2.45, 2.75) is 136 Å². The van der Waals surface area contributed by atoms with E-state index in [1.165, 1.54) is 0 Å². The maximum atomic E-state index is 12.5. The SMILES string of the molecule is CC/C=C\C/C=C\C/C=C\C/C=C\C/C=C\C/C=C\CCC(=O)OC[C@H](COP(=O)(O)OCCN)OC(=O)CCCCCCC/C=C\C/C=C\C/C=C\CC. The normalized spacial score (nSPS) is 14.5. The highest BCUT2D eigenvalue weighted by atomic mass is 31.2. The summed E-state index contributed by atoms with van der Waals surface area (Å²) in [6, 6.07) is 0. The summed E-state index contributed by atoms with van der Waals surface area (Å²) in [7, 11) is -4.40. The molecule has 0 aliphatic carbocycles. The largest absolute Gasteiger partial charge is 0.472 e. The second-order valence-electron chi connectivity index (χ2n) is 12.7. The van der Waals surface area contributed by atoms with Crippen LogP contribution in [0.15, 0.2) is 109 Å². The molecule has 0 aromatic rings. The molecule has 9 nitrogen and oxygen atoms in total. The number of carbonyl (C=O) groups is 2. The summed E-state index contributed by atoms with van der Waals surface area (Å²) >= 11 is 0. The van der Waals surface area contributed by atoms with E-state index in [1.807, 2.05) is 12.2 Å². The Morgan fingerprint density at radius 2 is 0.982 bits per heavy atom. The van der Waals surface area contributed by atoms with E-state index in [9.17, 15) is 19.0 Å². The summed E-state index contributed by atoms with van der Waals surface area (Å²) in [6.07, 6.45) is 52.8. The van der Waals surface area contributed by atoms with Crippen LogP contribution in [-0.4, -0.2) is 49.3 Å². The summed E-state index contributed by atoms with van der Waals surface area (Å²) in [5.41, 5.74) is 5.33. The van der Waals surface area contributed by atoms with Gasteiger partial charge in [-0.05, 0) is 83.5 Å². The third kappa shape index (κ3) is 40.2. The molecular formula is C45H72NO8P. The van der Waals surface area contributed by atoms with Gasteiger partial charge in [0.2, 0.25) is 0 Å². The van der Waals surface area contributed by atoms with Gasteiger partial charge in [0.05, 0.1) is 13.2 Å². The Balaban J connectivity index is 4.37. The zero-order valence-electron chi connectivity index (χ0n) is 33.9. The zero-order chi connectivity index (χ0) is 40.3.